The van der Waals surface area contributed by atoms with Gasteiger partial charge in [-0.25, -0.2) is 13.9 Å². The number of carbonyl (C=O) groups excluding carboxylic acids is 1. The van der Waals surface area contributed by atoms with Crippen LogP contribution in [0.2, 0.25) is 0 Å². The second-order valence-electron chi connectivity index (χ2n) is 8.55. The number of benzene rings is 1. The number of carbonyl (C=O) groups is 1. The lowest BCUT2D eigenvalue weighted by atomic mass is 9.98. The smallest absolute Gasteiger partial charge is 0.277 e. The predicted molar refractivity (Wildman–Crippen MR) is 114 cm³/mol. The van der Waals surface area contributed by atoms with Gasteiger partial charge in [0.2, 0.25) is 5.91 Å². The Hall–Kier alpha value is -3.00. The van der Waals surface area contributed by atoms with Crippen LogP contribution in [0.3, 0.4) is 0 Å². The lowest BCUT2D eigenvalue weighted by Crippen LogP contribution is -2.39. The van der Waals surface area contributed by atoms with Gasteiger partial charge in [-0.1, -0.05) is 18.6 Å². The van der Waals surface area contributed by atoms with Crippen LogP contribution in [0.25, 0.3) is 5.65 Å². The second-order valence-corrected chi connectivity index (χ2v) is 8.55. The number of nitrogens with zero attached hydrogens (tertiary/aromatic N) is 4. The Morgan fingerprint density at radius 2 is 2.03 bits per heavy atom. The summed E-state index contributed by atoms with van der Waals surface area (Å²) in [4.78, 5) is 33.7. The number of H-pyrrole nitrogens is 1. The molecule has 2 aromatic heterocycles. The number of hydrogen-bond acceptors (Lipinski definition) is 4. The summed E-state index contributed by atoms with van der Waals surface area (Å²) in [5.41, 5.74) is 3.93. The fourth-order valence-corrected chi connectivity index (χ4v) is 4.80. The van der Waals surface area contributed by atoms with Crippen LogP contribution in [0.4, 0.5) is 4.39 Å². The zero-order chi connectivity index (χ0) is 21.5. The molecule has 0 aliphatic carbocycles. The molecule has 3 aromatic rings. The topological polar surface area (TPSA) is 73.7 Å². The van der Waals surface area contributed by atoms with Gasteiger partial charge in [-0.3, -0.25) is 19.6 Å². The molecule has 1 aromatic carbocycles. The van der Waals surface area contributed by atoms with Crippen LogP contribution in [-0.2, 0) is 24.3 Å². The fraction of sp³-hybridized carbons (Fsp3) is 0.435. The zero-order valence-electron chi connectivity index (χ0n) is 17.6. The first kappa shape index (κ1) is 19.9. The molecular weight excluding hydrogens is 397 g/mol. The minimum atomic E-state index is -0.229. The first-order chi connectivity index (χ1) is 15.0. The number of aromatic nitrogens is 3. The van der Waals surface area contributed by atoms with Gasteiger partial charge in [0.05, 0.1) is 29.5 Å². The van der Waals surface area contributed by atoms with Crippen molar-refractivity contribution in [3.8, 4) is 0 Å². The molecular formula is C23H26FN5O2. The van der Waals surface area contributed by atoms with E-state index in [9.17, 15) is 14.0 Å². The van der Waals surface area contributed by atoms with E-state index < -0.39 is 0 Å². The Bertz CT molecular complexity index is 1180. The largest absolute Gasteiger partial charge is 0.338 e. The number of likely N-dealkylation sites (tertiary alicyclic amines) is 1. The molecule has 1 atom stereocenters. The number of aromatic amines is 1. The fourth-order valence-electron chi connectivity index (χ4n) is 4.80. The first-order valence-corrected chi connectivity index (χ1v) is 10.9. The third-order valence-electron chi connectivity index (χ3n) is 6.50. The molecule has 7 nitrogen and oxygen atoms in total. The van der Waals surface area contributed by atoms with Gasteiger partial charge in [-0.2, -0.15) is 0 Å². The highest BCUT2D eigenvalue weighted by Gasteiger charge is 2.28. The molecule has 0 radical (unpaired) electrons. The molecule has 2 aliphatic rings. The van der Waals surface area contributed by atoms with Crippen molar-refractivity contribution >= 4 is 11.6 Å². The Morgan fingerprint density at radius 3 is 2.81 bits per heavy atom. The van der Waals surface area contributed by atoms with Crippen molar-refractivity contribution in [2.75, 3.05) is 13.1 Å². The van der Waals surface area contributed by atoms with Crippen LogP contribution < -0.4 is 5.56 Å². The standard InChI is InChI=1S/C23H26FN5O2/c1-15(30)27-11-9-19-18(14-27)23(31)29-22(25-19)12-20(26-29)21-4-2-3-10-28(21)13-16-5-7-17(24)8-6-16/h5-8,12,21,26H,2-4,9-11,13-14H2,1H3/t21-/m1/s1. The molecule has 1 amide bonds. The molecule has 162 valence electrons. The number of halogens is 1. The molecule has 1 N–H and O–H groups in total. The number of piperidine rings is 1. The van der Waals surface area contributed by atoms with Gasteiger partial charge in [0.25, 0.3) is 5.56 Å². The summed E-state index contributed by atoms with van der Waals surface area (Å²) in [5, 5.41) is 3.29. The molecule has 0 bridgehead atoms. The summed E-state index contributed by atoms with van der Waals surface area (Å²) < 4.78 is 14.8. The third-order valence-corrected chi connectivity index (χ3v) is 6.50. The number of nitrogens with one attached hydrogen (secondary N) is 1. The average Bonchev–Trinajstić information content (AvgIpc) is 3.20. The summed E-state index contributed by atoms with van der Waals surface area (Å²) in [6.07, 6.45) is 3.82. The highest BCUT2D eigenvalue weighted by molar-refractivity contribution is 5.73. The molecule has 31 heavy (non-hydrogen) atoms. The van der Waals surface area contributed by atoms with Crippen molar-refractivity contribution in [3.63, 3.8) is 0 Å². The average molecular weight is 423 g/mol. The van der Waals surface area contributed by atoms with Crippen LogP contribution >= 0.6 is 0 Å². The zero-order valence-corrected chi connectivity index (χ0v) is 17.6. The monoisotopic (exact) mass is 423 g/mol. The molecule has 2 aliphatic heterocycles. The number of fused-ring (bicyclic) bond motifs is 2. The van der Waals surface area contributed by atoms with E-state index in [4.69, 9.17) is 4.98 Å². The van der Waals surface area contributed by atoms with E-state index in [1.54, 1.807) is 4.90 Å². The minimum absolute atomic E-state index is 0.0269. The van der Waals surface area contributed by atoms with E-state index in [-0.39, 0.29) is 23.3 Å². The Morgan fingerprint density at radius 1 is 1.23 bits per heavy atom. The van der Waals surface area contributed by atoms with Crippen molar-refractivity contribution in [1.29, 1.82) is 0 Å². The van der Waals surface area contributed by atoms with Crippen molar-refractivity contribution < 1.29 is 9.18 Å². The van der Waals surface area contributed by atoms with E-state index in [1.807, 2.05) is 18.2 Å². The Balaban J connectivity index is 1.47. The van der Waals surface area contributed by atoms with E-state index in [0.29, 0.717) is 30.7 Å². The van der Waals surface area contributed by atoms with E-state index >= 15 is 0 Å². The molecule has 0 unspecified atom stereocenters. The first-order valence-electron chi connectivity index (χ1n) is 10.9. The predicted octanol–water partition coefficient (Wildman–Crippen LogP) is 2.79. The van der Waals surface area contributed by atoms with Gasteiger partial charge < -0.3 is 4.90 Å². The highest BCUT2D eigenvalue weighted by atomic mass is 19.1. The van der Waals surface area contributed by atoms with Gasteiger partial charge in [-0.05, 0) is 37.1 Å². The molecule has 0 saturated carbocycles. The van der Waals surface area contributed by atoms with E-state index in [2.05, 4.69) is 10.00 Å². The molecule has 4 heterocycles. The van der Waals surface area contributed by atoms with Gasteiger partial charge in [-0.15, -0.1) is 0 Å². The number of amides is 1. The van der Waals surface area contributed by atoms with Crippen molar-refractivity contribution in [2.24, 2.45) is 0 Å². The van der Waals surface area contributed by atoms with E-state index in [0.717, 1.165) is 49.3 Å². The maximum Gasteiger partial charge on any atom is 0.277 e. The molecule has 1 saturated heterocycles. The maximum atomic E-state index is 13.3. The molecule has 8 heteroatoms. The van der Waals surface area contributed by atoms with Crippen molar-refractivity contribution in [2.45, 2.75) is 51.7 Å². The summed E-state index contributed by atoms with van der Waals surface area (Å²) in [7, 11) is 0. The van der Waals surface area contributed by atoms with Crippen LogP contribution in [0.1, 0.15) is 54.7 Å². The van der Waals surface area contributed by atoms with Gasteiger partial charge in [0.15, 0.2) is 5.65 Å². The lowest BCUT2D eigenvalue weighted by Gasteiger charge is -2.35. The van der Waals surface area contributed by atoms with Crippen LogP contribution in [0.5, 0.6) is 0 Å². The van der Waals surface area contributed by atoms with Gasteiger partial charge in [0.1, 0.15) is 5.82 Å². The second kappa shape index (κ2) is 7.92. The minimum Gasteiger partial charge on any atom is -0.338 e. The SMILES string of the molecule is CC(=O)N1CCc2nc3cc([C@H]4CCCCN4Cc4ccc(F)cc4)[nH]n3c(=O)c2C1. The summed E-state index contributed by atoms with van der Waals surface area (Å²) in [6.45, 7) is 4.11. The number of hydrogen-bond donors (Lipinski definition) is 1. The van der Waals surface area contributed by atoms with Gasteiger partial charge >= 0.3 is 0 Å². The van der Waals surface area contributed by atoms with Crippen molar-refractivity contribution in [3.05, 3.63) is 69.0 Å². The summed E-state index contributed by atoms with van der Waals surface area (Å²) in [6, 6.07) is 8.77. The molecule has 5 rings (SSSR count). The van der Waals surface area contributed by atoms with Crippen molar-refractivity contribution in [1.82, 2.24) is 24.4 Å². The van der Waals surface area contributed by atoms with Crippen LogP contribution in [0.15, 0.2) is 35.1 Å². The quantitative estimate of drug-likeness (QED) is 0.703. The van der Waals surface area contributed by atoms with Gasteiger partial charge in [0, 0.05) is 32.5 Å². The Labute approximate surface area is 179 Å². The van der Waals surface area contributed by atoms with Crippen LogP contribution in [-0.4, -0.2) is 43.4 Å². The normalized spacial score (nSPS) is 19.5. The summed E-state index contributed by atoms with van der Waals surface area (Å²) >= 11 is 0. The third kappa shape index (κ3) is 3.76. The highest BCUT2D eigenvalue weighted by Crippen LogP contribution is 2.32. The lowest BCUT2D eigenvalue weighted by molar-refractivity contribution is -0.129. The molecule has 0 spiro atoms. The van der Waals surface area contributed by atoms with E-state index in [1.165, 1.54) is 23.6 Å². The van der Waals surface area contributed by atoms with Crippen LogP contribution in [0, 0.1) is 5.82 Å². The number of rotatable bonds is 3. The summed E-state index contributed by atoms with van der Waals surface area (Å²) in [5.74, 6) is -0.256. The Kier molecular flexibility index (Phi) is 5.09. The maximum absolute atomic E-state index is 13.3. The molecule has 1 fully saturated rings.